The highest BCUT2D eigenvalue weighted by molar-refractivity contribution is 6.13. The van der Waals surface area contributed by atoms with Crippen LogP contribution in [0.1, 0.15) is 16.7 Å². The first kappa shape index (κ1) is 17.8. The molecule has 0 aromatic heterocycles. The molecule has 0 saturated carbocycles. The molecule has 0 fully saturated rings. The van der Waals surface area contributed by atoms with Gasteiger partial charge in [-0.15, -0.1) is 0 Å². The predicted molar refractivity (Wildman–Crippen MR) is 109 cm³/mol. The van der Waals surface area contributed by atoms with Gasteiger partial charge in [-0.1, -0.05) is 66.7 Å². The first-order valence-corrected chi connectivity index (χ1v) is 9.14. The van der Waals surface area contributed by atoms with Gasteiger partial charge in [0, 0.05) is 17.2 Å². The number of hydrogen-bond acceptors (Lipinski definition) is 3. The van der Waals surface area contributed by atoms with E-state index >= 15 is 0 Å². The number of nitrogens with zero attached hydrogens (tertiary/aromatic N) is 1. The Hall–Kier alpha value is -3.60. The fourth-order valence-corrected chi connectivity index (χ4v) is 3.31. The molecule has 1 aliphatic rings. The Kier molecular flexibility index (Phi) is 5.06. The summed E-state index contributed by atoms with van der Waals surface area (Å²) in [6.45, 7) is 0.316. The third kappa shape index (κ3) is 4.04. The minimum atomic E-state index is -1.03. The first-order valence-electron chi connectivity index (χ1n) is 9.14. The highest BCUT2D eigenvalue weighted by atomic mass is 16.5. The third-order valence-corrected chi connectivity index (χ3v) is 4.62. The lowest BCUT2D eigenvalue weighted by Gasteiger charge is -2.25. The van der Waals surface area contributed by atoms with Crippen LogP contribution in [0.3, 0.4) is 0 Å². The van der Waals surface area contributed by atoms with Crippen molar-refractivity contribution in [2.45, 2.75) is 12.5 Å². The molecule has 0 spiro atoms. The Morgan fingerprint density at radius 3 is 2.21 bits per heavy atom. The first-order chi connectivity index (χ1) is 13.7. The molecule has 1 heterocycles. The molecule has 28 heavy (non-hydrogen) atoms. The maximum atomic E-state index is 10.8. The van der Waals surface area contributed by atoms with E-state index in [0.717, 1.165) is 33.8 Å². The van der Waals surface area contributed by atoms with E-state index in [4.69, 9.17) is 14.8 Å². The minimum absolute atomic E-state index is 0.233. The van der Waals surface area contributed by atoms with Gasteiger partial charge < -0.3 is 15.2 Å². The summed E-state index contributed by atoms with van der Waals surface area (Å²) in [5.41, 5.74) is 4.74. The van der Waals surface area contributed by atoms with Crippen molar-refractivity contribution in [1.82, 2.24) is 5.32 Å². The number of amides is 1. The van der Waals surface area contributed by atoms with Crippen LogP contribution < -0.4 is 10.1 Å². The number of nitrogens with one attached hydrogen (secondary N) is 1. The summed E-state index contributed by atoms with van der Waals surface area (Å²) in [5, 5.41) is 11.4. The van der Waals surface area contributed by atoms with Crippen LogP contribution in [-0.4, -0.2) is 29.6 Å². The zero-order valence-electron chi connectivity index (χ0n) is 15.2. The van der Waals surface area contributed by atoms with Crippen LogP contribution in [0.4, 0.5) is 10.5 Å². The van der Waals surface area contributed by atoms with Crippen molar-refractivity contribution in [2.75, 3.05) is 6.61 Å². The molecule has 5 heteroatoms. The molecule has 1 aliphatic heterocycles. The predicted octanol–water partition coefficient (Wildman–Crippen LogP) is 4.43. The molecule has 4 rings (SSSR count). The van der Waals surface area contributed by atoms with Crippen molar-refractivity contribution in [3.63, 3.8) is 0 Å². The molecule has 2 N–H and O–H groups in total. The number of carbonyl (C=O) groups is 1. The Morgan fingerprint density at radius 1 is 0.964 bits per heavy atom. The summed E-state index contributed by atoms with van der Waals surface area (Å²) in [6, 6.07) is 25.7. The molecule has 0 aliphatic carbocycles. The maximum absolute atomic E-state index is 10.8. The van der Waals surface area contributed by atoms with Crippen LogP contribution in [0.2, 0.25) is 0 Å². The van der Waals surface area contributed by atoms with E-state index in [-0.39, 0.29) is 6.04 Å². The van der Waals surface area contributed by atoms with Gasteiger partial charge >= 0.3 is 6.09 Å². The molecule has 0 saturated heterocycles. The van der Waals surface area contributed by atoms with Gasteiger partial charge in [0.25, 0.3) is 0 Å². The Morgan fingerprint density at radius 2 is 1.61 bits per heavy atom. The lowest BCUT2D eigenvalue weighted by Crippen LogP contribution is -2.41. The molecule has 0 radical (unpaired) electrons. The number of benzene rings is 3. The van der Waals surface area contributed by atoms with E-state index in [2.05, 4.69) is 5.32 Å². The van der Waals surface area contributed by atoms with Gasteiger partial charge in [0.2, 0.25) is 0 Å². The molecule has 3 aromatic rings. The van der Waals surface area contributed by atoms with Crippen molar-refractivity contribution in [1.29, 1.82) is 0 Å². The smallest absolute Gasteiger partial charge is 0.405 e. The van der Waals surface area contributed by atoms with Gasteiger partial charge in [-0.25, -0.2) is 9.79 Å². The number of hydrogen-bond donors (Lipinski definition) is 2. The summed E-state index contributed by atoms with van der Waals surface area (Å²) in [7, 11) is 0. The van der Waals surface area contributed by atoms with E-state index in [9.17, 15) is 4.79 Å². The summed E-state index contributed by atoms with van der Waals surface area (Å²) in [4.78, 5) is 15.7. The Balaban J connectivity index is 1.67. The van der Waals surface area contributed by atoms with Crippen LogP contribution >= 0.6 is 0 Å². The molecular formula is C23H20N2O3. The van der Waals surface area contributed by atoms with E-state index in [1.807, 2.05) is 78.9 Å². The molecule has 0 bridgehead atoms. The molecule has 0 unspecified atom stereocenters. The SMILES string of the molecule is O=C(O)N[C@H]1COc2cc(N=C(c3ccccc3)c3ccccc3)ccc2C1. The van der Waals surface area contributed by atoms with E-state index in [1.54, 1.807) is 0 Å². The monoisotopic (exact) mass is 372 g/mol. The van der Waals surface area contributed by atoms with Crippen molar-refractivity contribution in [3.05, 3.63) is 95.6 Å². The minimum Gasteiger partial charge on any atom is -0.491 e. The number of ether oxygens (including phenoxy) is 1. The van der Waals surface area contributed by atoms with Crippen molar-refractivity contribution in [2.24, 2.45) is 4.99 Å². The fourth-order valence-electron chi connectivity index (χ4n) is 3.31. The second-order valence-electron chi connectivity index (χ2n) is 6.65. The van der Waals surface area contributed by atoms with Crippen molar-refractivity contribution < 1.29 is 14.6 Å². The number of aliphatic imine (C=N–C) groups is 1. The van der Waals surface area contributed by atoms with Crippen molar-refractivity contribution >= 4 is 17.5 Å². The quantitative estimate of drug-likeness (QED) is 0.666. The van der Waals surface area contributed by atoms with E-state index in [0.29, 0.717) is 13.0 Å². The van der Waals surface area contributed by atoms with Crippen LogP contribution in [0.5, 0.6) is 5.75 Å². The normalized spacial score (nSPS) is 15.1. The van der Waals surface area contributed by atoms with Crippen LogP contribution in [0.25, 0.3) is 0 Å². The van der Waals surface area contributed by atoms with Crippen molar-refractivity contribution in [3.8, 4) is 5.75 Å². The van der Waals surface area contributed by atoms with Crippen LogP contribution in [-0.2, 0) is 6.42 Å². The number of rotatable bonds is 4. The standard InChI is InChI=1S/C23H20N2O3/c26-23(27)25-20-13-18-11-12-19(14-21(18)28-15-20)24-22(16-7-3-1-4-8-16)17-9-5-2-6-10-17/h1-12,14,20,25H,13,15H2,(H,26,27)/t20-/m1/s1. The molecule has 1 atom stereocenters. The zero-order chi connectivity index (χ0) is 19.3. The second-order valence-corrected chi connectivity index (χ2v) is 6.65. The summed E-state index contributed by atoms with van der Waals surface area (Å²) >= 11 is 0. The zero-order valence-corrected chi connectivity index (χ0v) is 15.2. The fraction of sp³-hybridized carbons (Fsp3) is 0.130. The topological polar surface area (TPSA) is 70.9 Å². The molecule has 3 aromatic carbocycles. The van der Waals surface area contributed by atoms with Gasteiger partial charge in [-0.05, 0) is 18.1 Å². The van der Waals surface area contributed by atoms with Gasteiger partial charge in [0.05, 0.1) is 17.4 Å². The molecule has 1 amide bonds. The van der Waals surface area contributed by atoms with E-state index < -0.39 is 6.09 Å². The van der Waals surface area contributed by atoms with Gasteiger partial charge in [-0.3, -0.25) is 0 Å². The number of fused-ring (bicyclic) bond motifs is 1. The summed E-state index contributed by atoms with van der Waals surface area (Å²) in [6.07, 6.45) is -0.427. The summed E-state index contributed by atoms with van der Waals surface area (Å²) in [5.74, 6) is 0.755. The average Bonchev–Trinajstić information content (AvgIpc) is 2.73. The number of carboxylic acid groups (broad SMARTS) is 1. The van der Waals surface area contributed by atoms with Gasteiger partial charge in [0.15, 0.2) is 0 Å². The highest BCUT2D eigenvalue weighted by Crippen LogP contribution is 2.30. The van der Waals surface area contributed by atoms with Crippen LogP contribution in [0.15, 0.2) is 83.9 Å². The van der Waals surface area contributed by atoms with E-state index in [1.165, 1.54) is 0 Å². The third-order valence-electron chi connectivity index (χ3n) is 4.62. The average molecular weight is 372 g/mol. The largest absolute Gasteiger partial charge is 0.491 e. The molecular weight excluding hydrogens is 352 g/mol. The highest BCUT2D eigenvalue weighted by Gasteiger charge is 2.21. The van der Waals surface area contributed by atoms with Crippen LogP contribution in [0, 0.1) is 0 Å². The maximum Gasteiger partial charge on any atom is 0.405 e. The van der Waals surface area contributed by atoms with Gasteiger partial charge in [-0.2, -0.15) is 0 Å². The molecule has 5 nitrogen and oxygen atoms in total. The lowest BCUT2D eigenvalue weighted by molar-refractivity contribution is 0.176. The van der Waals surface area contributed by atoms with Gasteiger partial charge in [0.1, 0.15) is 12.4 Å². The Bertz CT molecular complexity index is 959. The lowest BCUT2D eigenvalue weighted by atomic mass is 10.0. The second kappa shape index (κ2) is 7.96. The molecule has 140 valence electrons. The summed E-state index contributed by atoms with van der Waals surface area (Å²) < 4.78 is 5.78. The Labute approximate surface area is 163 Å².